The van der Waals surface area contributed by atoms with E-state index in [0.29, 0.717) is 6.04 Å². The quantitative estimate of drug-likeness (QED) is 0.482. The number of anilines is 1. The van der Waals surface area contributed by atoms with E-state index in [4.69, 9.17) is 9.97 Å². The van der Waals surface area contributed by atoms with Gasteiger partial charge >= 0.3 is 0 Å². The van der Waals surface area contributed by atoms with Crippen LogP contribution < -0.4 is 10.2 Å². The van der Waals surface area contributed by atoms with Gasteiger partial charge in [-0.15, -0.1) is 0 Å². The van der Waals surface area contributed by atoms with Crippen LogP contribution in [0.4, 0.5) is 5.13 Å². The van der Waals surface area contributed by atoms with Crippen LogP contribution in [0.1, 0.15) is 45.4 Å². The number of rotatable bonds is 4. The van der Waals surface area contributed by atoms with Gasteiger partial charge < -0.3 is 10.2 Å². The Hall–Kier alpha value is -2.43. The fourth-order valence-electron chi connectivity index (χ4n) is 5.32. The summed E-state index contributed by atoms with van der Waals surface area (Å²) in [5.74, 6) is 1.63. The predicted octanol–water partition coefficient (Wildman–Crippen LogP) is 4.20. The van der Waals surface area contributed by atoms with E-state index in [1.165, 1.54) is 12.8 Å². The zero-order chi connectivity index (χ0) is 22.1. The first-order chi connectivity index (χ1) is 15.3. The van der Waals surface area contributed by atoms with E-state index in [0.717, 1.165) is 50.0 Å². The highest BCUT2D eigenvalue weighted by molar-refractivity contribution is 7.29. The number of aryl methyl sites for hydroxylation is 1. The molecule has 2 aliphatic heterocycles. The van der Waals surface area contributed by atoms with Gasteiger partial charge in [0.15, 0.2) is 20.6 Å². The number of hydrogen-bond donors (Lipinski definition) is 1. The fourth-order valence-corrected chi connectivity index (χ4v) is 7.36. The largest absolute Gasteiger partial charge is 0.348 e. The molecule has 6 rings (SSSR count). The van der Waals surface area contributed by atoms with Crippen molar-refractivity contribution in [2.45, 2.75) is 63.6 Å². The van der Waals surface area contributed by atoms with Crippen LogP contribution in [-0.4, -0.2) is 53.7 Å². The Morgan fingerprint density at radius 2 is 1.78 bits per heavy atom. The van der Waals surface area contributed by atoms with Crippen molar-refractivity contribution < 1.29 is 0 Å². The third kappa shape index (κ3) is 3.32. The molecule has 3 atom stereocenters. The number of nitrogens with zero attached hydrogens (tertiary/aromatic N) is 7. The average molecular weight is 467 g/mol. The molecule has 166 valence electrons. The van der Waals surface area contributed by atoms with Crippen LogP contribution in [0, 0.1) is 6.92 Å². The Morgan fingerprint density at radius 1 is 1.03 bits per heavy atom. The first-order valence-corrected chi connectivity index (χ1v) is 12.6. The monoisotopic (exact) mass is 466 g/mol. The molecule has 1 N–H and O–H groups in total. The van der Waals surface area contributed by atoms with Gasteiger partial charge in [-0.2, -0.15) is 0 Å². The van der Waals surface area contributed by atoms with Gasteiger partial charge in [0.05, 0.1) is 12.4 Å². The molecule has 0 aliphatic carbocycles. The van der Waals surface area contributed by atoms with E-state index in [9.17, 15) is 0 Å². The summed E-state index contributed by atoms with van der Waals surface area (Å²) in [5, 5.41) is 5.78. The van der Waals surface area contributed by atoms with Crippen LogP contribution >= 0.6 is 22.7 Å². The molecule has 2 fully saturated rings. The highest BCUT2D eigenvalue weighted by Crippen LogP contribution is 2.45. The van der Waals surface area contributed by atoms with Crippen LogP contribution in [0.3, 0.4) is 0 Å². The molecule has 0 amide bonds. The van der Waals surface area contributed by atoms with Crippen molar-refractivity contribution in [3.05, 3.63) is 30.6 Å². The molecule has 0 radical (unpaired) electrons. The normalized spacial score (nSPS) is 27.3. The molecule has 6 heterocycles. The average Bonchev–Trinajstić information content (AvgIpc) is 3.49. The Bertz CT molecular complexity index is 1240. The highest BCUT2D eigenvalue weighted by Gasteiger charge is 2.49. The second-order valence-electron chi connectivity index (χ2n) is 9.65. The van der Waals surface area contributed by atoms with Gasteiger partial charge in [0.2, 0.25) is 0 Å². The Labute approximate surface area is 194 Å². The number of imidazole rings is 1. The van der Waals surface area contributed by atoms with Gasteiger partial charge in [-0.1, -0.05) is 22.7 Å². The minimum Gasteiger partial charge on any atom is -0.348 e. The lowest BCUT2D eigenvalue weighted by Crippen LogP contribution is -2.58. The number of nitrogens with one attached hydrogen (secondary N) is 1. The van der Waals surface area contributed by atoms with E-state index in [1.54, 1.807) is 41.3 Å². The van der Waals surface area contributed by atoms with Crippen LogP contribution in [0.25, 0.3) is 26.2 Å². The molecule has 0 spiro atoms. The molecule has 10 heteroatoms. The smallest absolute Gasteiger partial charge is 0.188 e. The second-order valence-corrected chi connectivity index (χ2v) is 11.6. The van der Waals surface area contributed by atoms with Crippen LogP contribution in [0.2, 0.25) is 0 Å². The van der Waals surface area contributed by atoms with Crippen molar-refractivity contribution in [2.75, 3.05) is 11.9 Å². The van der Waals surface area contributed by atoms with E-state index < -0.39 is 0 Å². The molecule has 4 aromatic rings. The van der Waals surface area contributed by atoms with E-state index in [2.05, 4.69) is 46.1 Å². The number of thiazole rings is 2. The summed E-state index contributed by atoms with van der Waals surface area (Å²) >= 11 is 3.25. The lowest BCUT2D eigenvalue weighted by Gasteiger charge is -2.45. The van der Waals surface area contributed by atoms with Crippen molar-refractivity contribution in [3.8, 4) is 16.5 Å². The first-order valence-electron chi connectivity index (χ1n) is 10.9. The van der Waals surface area contributed by atoms with Crippen LogP contribution in [0.15, 0.2) is 24.8 Å². The number of aromatic nitrogens is 6. The third-order valence-electron chi connectivity index (χ3n) is 6.95. The summed E-state index contributed by atoms with van der Waals surface area (Å²) in [6, 6.07) is 0.499. The maximum Gasteiger partial charge on any atom is 0.188 e. The van der Waals surface area contributed by atoms with E-state index >= 15 is 0 Å². The summed E-state index contributed by atoms with van der Waals surface area (Å²) in [7, 11) is 2.19. The fraction of sp³-hybridized carbons (Fsp3) is 0.500. The van der Waals surface area contributed by atoms with Gasteiger partial charge in [-0.25, -0.2) is 24.9 Å². The highest BCUT2D eigenvalue weighted by atomic mass is 32.1. The van der Waals surface area contributed by atoms with Crippen molar-refractivity contribution in [1.82, 2.24) is 34.8 Å². The lowest BCUT2D eigenvalue weighted by molar-refractivity contribution is 0.208. The summed E-state index contributed by atoms with van der Waals surface area (Å²) in [6.45, 7) is 6.68. The summed E-state index contributed by atoms with van der Waals surface area (Å²) in [6.07, 6.45) is 12.0. The lowest BCUT2D eigenvalue weighted by atomic mass is 9.84. The minimum absolute atomic E-state index is 0.242. The molecule has 0 saturated carbocycles. The Balaban J connectivity index is 1.23. The van der Waals surface area contributed by atoms with Gasteiger partial charge in [0.25, 0.3) is 0 Å². The molecule has 1 unspecified atom stereocenters. The second kappa shape index (κ2) is 7.03. The SMILES string of the molecule is Cc1nccn1-c1cnc(-c2nc3sc(N(C)C4C[C@]5(C)CC[C@](C)(C4)N5)nc3s2)cn1. The van der Waals surface area contributed by atoms with E-state index in [-0.39, 0.29) is 11.1 Å². The maximum absolute atomic E-state index is 4.94. The summed E-state index contributed by atoms with van der Waals surface area (Å²) in [4.78, 5) is 27.5. The van der Waals surface area contributed by atoms with Gasteiger partial charge in [0.1, 0.15) is 16.5 Å². The van der Waals surface area contributed by atoms with E-state index in [1.807, 2.05) is 17.7 Å². The van der Waals surface area contributed by atoms with Crippen LogP contribution in [-0.2, 0) is 0 Å². The predicted molar refractivity (Wildman–Crippen MR) is 129 cm³/mol. The standard InChI is InChI=1S/C22H26N8S2/c1-13-23-7-8-30(13)16-12-24-15(11-25-16)17-26-18-19(31-17)27-20(32-18)29(4)14-9-21(2)5-6-22(3,10-14)28-21/h7-8,11-12,14,28H,5-6,9-10H2,1-4H3/t14?,21-,22+. The molecular weight excluding hydrogens is 440 g/mol. The maximum atomic E-state index is 4.94. The van der Waals surface area contributed by atoms with Crippen molar-refractivity contribution >= 4 is 37.5 Å². The number of piperidine rings is 1. The molecule has 2 aliphatic rings. The van der Waals surface area contributed by atoms with Crippen LogP contribution in [0.5, 0.6) is 0 Å². The minimum atomic E-state index is 0.242. The zero-order valence-electron chi connectivity index (χ0n) is 18.7. The van der Waals surface area contributed by atoms with Gasteiger partial charge in [-0.05, 0) is 46.5 Å². The molecule has 8 nitrogen and oxygen atoms in total. The van der Waals surface area contributed by atoms with Crippen molar-refractivity contribution in [3.63, 3.8) is 0 Å². The molecular formula is C22H26N8S2. The van der Waals surface area contributed by atoms with Crippen molar-refractivity contribution in [2.24, 2.45) is 0 Å². The molecule has 32 heavy (non-hydrogen) atoms. The number of fused-ring (bicyclic) bond motifs is 3. The molecule has 4 aromatic heterocycles. The summed E-state index contributed by atoms with van der Waals surface area (Å²) in [5.41, 5.74) is 1.26. The Kier molecular flexibility index (Phi) is 4.44. The number of hydrogen-bond acceptors (Lipinski definition) is 9. The van der Waals surface area contributed by atoms with Gasteiger partial charge in [-0.3, -0.25) is 4.57 Å². The topological polar surface area (TPSA) is 84.7 Å². The van der Waals surface area contributed by atoms with Gasteiger partial charge in [0, 0.05) is 36.6 Å². The summed E-state index contributed by atoms with van der Waals surface area (Å²) < 4.78 is 1.91. The zero-order valence-corrected chi connectivity index (χ0v) is 20.3. The molecule has 0 aromatic carbocycles. The third-order valence-corrected chi connectivity index (χ3v) is 9.09. The molecule has 2 bridgehead atoms. The van der Waals surface area contributed by atoms with Crippen molar-refractivity contribution in [1.29, 1.82) is 0 Å². The Morgan fingerprint density at radius 3 is 2.41 bits per heavy atom. The first kappa shape index (κ1) is 20.2. The molecule has 2 saturated heterocycles.